The quantitative estimate of drug-likeness (QED) is 0.339. The van der Waals surface area contributed by atoms with E-state index in [0.717, 1.165) is 34.8 Å². The second-order valence-electron chi connectivity index (χ2n) is 6.76. The fraction of sp³-hybridized carbons (Fsp3) is 0.368. The van der Waals surface area contributed by atoms with Crippen molar-refractivity contribution in [2.75, 3.05) is 29.5 Å². The summed E-state index contributed by atoms with van der Waals surface area (Å²) in [6.45, 7) is 3.26. The Labute approximate surface area is 192 Å². The zero-order valence-electron chi connectivity index (χ0n) is 17.4. The number of primary amides is 2. The minimum absolute atomic E-state index is 0.0843. The Kier molecular flexibility index (Phi) is 8.50. The lowest BCUT2D eigenvalue weighted by atomic mass is 10.2. The number of anilines is 1. The van der Waals surface area contributed by atoms with Gasteiger partial charge in [0.05, 0.1) is 11.5 Å². The molecule has 0 radical (unpaired) electrons. The molecule has 32 heavy (non-hydrogen) atoms. The van der Waals surface area contributed by atoms with Crippen LogP contribution in [0.15, 0.2) is 43.5 Å². The van der Waals surface area contributed by atoms with E-state index >= 15 is 0 Å². The number of aromatic nitrogens is 4. The Bertz CT molecular complexity index is 978. The minimum Gasteiger partial charge on any atom is -0.416 e. The highest BCUT2D eigenvalue weighted by Crippen LogP contribution is 2.20. The smallest absolute Gasteiger partial charge is 0.277 e. The highest BCUT2D eigenvalue weighted by molar-refractivity contribution is 7.99. The van der Waals surface area contributed by atoms with Crippen LogP contribution in [0.4, 0.5) is 5.69 Å². The highest BCUT2D eigenvalue weighted by Gasteiger charge is 2.14. The van der Waals surface area contributed by atoms with Crippen LogP contribution in [-0.4, -0.2) is 56.8 Å². The number of benzene rings is 1. The van der Waals surface area contributed by atoms with Gasteiger partial charge in [-0.2, -0.15) is 0 Å². The zero-order chi connectivity index (χ0) is 22.9. The number of hydrogen-bond donors (Lipinski definition) is 2. The van der Waals surface area contributed by atoms with Crippen LogP contribution in [0, 0.1) is 6.92 Å². The molecular formula is C19H23N7O4S2. The second-order valence-corrected chi connectivity index (χ2v) is 8.61. The molecule has 0 aliphatic carbocycles. The second kappa shape index (κ2) is 11.5. The minimum atomic E-state index is -0.447. The van der Waals surface area contributed by atoms with E-state index in [-0.39, 0.29) is 11.5 Å². The van der Waals surface area contributed by atoms with Crippen LogP contribution in [0.3, 0.4) is 0 Å². The van der Waals surface area contributed by atoms with E-state index in [1.54, 1.807) is 0 Å². The van der Waals surface area contributed by atoms with Gasteiger partial charge in [-0.05, 0) is 19.1 Å². The topological polar surface area (TPSA) is 167 Å². The van der Waals surface area contributed by atoms with Crippen LogP contribution in [-0.2, 0) is 22.4 Å². The van der Waals surface area contributed by atoms with Gasteiger partial charge in [0.15, 0.2) is 0 Å². The van der Waals surface area contributed by atoms with Crippen LogP contribution in [0.1, 0.15) is 17.3 Å². The van der Waals surface area contributed by atoms with Gasteiger partial charge in [0.1, 0.15) is 0 Å². The van der Waals surface area contributed by atoms with Crippen molar-refractivity contribution in [3.8, 4) is 0 Å². The van der Waals surface area contributed by atoms with Crippen LogP contribution >= 0.6 is 23.5 Å². The molecule has 2 heterocycles. The summed E-state index contributed by atoms with van der Waals surface area (Å²) in [6, 6.07) is 8.16. The molecule has 2 aromatic heterocycles. The van der Waals surface area contributed by atoms with Crippen LogP contribution < -0.4 is 16.4 Å². The van der Waals surface area contributed by atoms with Crippen LogP contribution in [0.5, 0.6) is 0 Å². The zero-order valence-corrected chi connectivity index (χ0v) is 19.0. The third-order valence-corrected chi connectivity index (χ3v) is 5.84. The van der Waals surface area contributed by atoms with Gasteiger partial charge in [-0.1, -0.05) is 41.2 Å². The fourth-order valence-electron chi connectivity index (χ4n) is 2.65. The van der Waals surface area contributed by atoms with Gasteiger partial charge in [0.2, 0.25) is 23.6 Å². The van der Waals surface area contributed by atoms with E-state index in [1.165, 1.54) is 0 Å². The molecule has 170 valence electrons. The summed E-state index contributed by atoms with van der Waals surface area (Å²) >= 11 is 2.22. The van der Waals surface area contributed by atoms with Crippen molar-refractivity contribution in [2.24, 2.45) is 11.5 Å². The Morgan fingerprint density at radius 1 is 0.844 bits per heavy atom. The summed E-state index contributed by atoms with van der Waals surface area (Å²) in [6.07, 6.45) is 1.03. The molecule has 11 nitrogen and oxygen atoms in total. The lowest BCUT2D eigenvalue weighted by Crippen LogP contribution is -2.28. The maximum atomic E-state index is 10.9. The van der Waals surface area contributed by atoms with E-state index in [1.807, 2.05) is 31.2 Å². The van der Waals surface area contributed by atoms with Crippen LogP contribution in [0.25, 0.3) is 0 Å². The van der Waals surface area contributed by atoms with Gasteiger partial charge in [-0.15, -0.1) is 20.4 Å². The molecule has 0 saturated heterocycles. The van der Waals surface area contributed by atoms with Gasteiger partial charge >= 0.3 is 0 Å². The Morgan fingerprint density at radius 2 is 1.31 bits per heavy atom. The van der Waals surface area contributed by atoms with Crippen LogP contribution in [0.2, 0.25) is 0 Å². The molecule has 0 bridgehead atoms. The molecule has 4 N–H and O–H groups in total. The van der Waals surface area contributed by atoms with Crippen molar-refractivity contribution in [2.45, 2.75) is 30.2 Å². The summed E-state index contributed by atoms with van der Waals surface area (Å²) in [7, 11) is 0. The predicted octanol–water partition coefficient (Wildman–Crippen LogP) is 1.21. The average Bonchev–Trinajstić information content (AvgIpc) is 3.41. The van der Waals surface area contributed by atoms with Crippen molar-refractivity contribution < 1.29 is 18.4 Å². The lowest BCUT2D eigenvalue weighted by Gasteiger charge is -2.23. The summed E-state index contributed by atoms with van der Waals surface area (Å²) in [5, 5.41) is 16.5. The lowest BCUT2D eigenvalue weighted by molar-refractivity contribution is -0.116. The van der Waals surface area contributed by atoms with E-state index in [9.17, 15) is 9.59 Å². The maximum Gasteiger partial charge on any atom is 0.277 e. The molecule has 1 aromatic carbocycles. The first kappa shape index (κ1) is 23.6. The average molecular weight is 478 g/mol. The monoisotopic (exact) mass is 477 g/mol. The standard InChI is InChI=1S/C19H23N7O4S2/c1-12-2-4-13(5-3-12)26(8-6-16-22-24-18(29-16)31-10-14(20)27)9-7-17-23-25-19(30-17)32-11-15(21)28/h2-5H,6-11H2,1H3,(H2,20,27)(H2,21,28). The predicted molar refractivity (Wildman–Crippen MR) is 119 cm³/mol. The molecule has 0 saturated carbocycles. The fourth-order valence-corrected chi connectivity index (χ4v) is 3.69. The van der Waals surface area contributed by atoms with E-state index in [4.69, 9.17) is 20.3 Å². The molecule has 0 unspecified atom stereocenters. The molecule has 0 atom stereocenters. The first-order valence-electron chi connectivity index (χ1n) is 9.67. The first-order valence-corrected chi connectivity index (χ1v) is 11.6. The van der Waals surface area contributed by atoms with Crippen molar-refractivity contribution in [1.82, 2.24) is 20.4 Å². The molecule has 3 rings (SSSR count). The third-order valence-electron chi connectivity index (χ3n) is 4.16. The summed E-state index contributed by atoms with van der Waals surface area (Å²) < 4.78 is 11.2. The van der Waals surface area contributed by atoms with Crippen molar-refractivity contribution in [1.29, 1.82) is 0 Å². The molecule has 0 aliphatic heterocycles. The van der Waals surface area contributed by atoms with Crippen molar-refractivity contribution in [3.63, 3.8) is 0 Å². The molecule has 2 amide bonds. The Balaban J connectivity index is 1.61. The van der Waals surface area contributed by atoms with Gasteiger partial charge < -0.3 is 25.2 Å². The summed E-state index contributed by atoms with van der Waals surface area (Å²) in [4.78, 5) is 23.9. The number of aryl methyl sites for hydroxylation is 1. The normalized spacial score (nSPS) is 10.9. The number of nitrogens with zero attached hydrogens (tertiary/aromatic N) is 5. The van der Waals surface area contributed by atoms with Crippen molar-refractivity contribution in [3.05, 3.63) is 41.6 Å². The highest BCUT2D eigenvalue weighted by atomic mass is 32.2. The molecule has 13 heteroatoms. The Hall–Kier alpha value is -3.06. The number of carbonyl (C=O) groups excluding carboxylic acids is 2. The van der Waals surface area contributed by atoms with Gasteiger partial charge in [-0.3, -0.25) is 9.59 Å². The number of hydrogen-bond acceptors (Lipinski definition) is 11. The third kappa shape index (κ3) is 7.57. The largest absolute Gasteiger partial charge is 0.416 e. The number of carbonyl (C=O) groups is 2. The summed E-state index contributed by atoms with van der Waals surface area (Å²) in [5.74, 6) is 0.214. The van der Waals surface area contributed by atoms with Crippen molar-refractivity contribution >= 4 is 41.0 Å². The van der Waals surface area contributed by atoms with E-state index < -0.39 is 11.8 Å². The molecule has 0 spiro atoms. The number of thioether (sulfide) groups is 2. The van der Waals surface area contributed by atoms with Gasteiger partial charge in [-0.25, -0.2) is 0 Å². The molecule has 0 fully saturated rings. The number of rotatable bonds is 13. The van der Waals surface area contributed by atoms with E-state index in [2.05, 4.69) is 25.3 Å². The number of nitrogens with two attached hydrogens (primary N) is 2. The SMILES string of the molecule is Cc1ccc(N(CCc2nnc(SCC(N)=O)o2)CCc2nnc(SCC(N)=O)o2)cc1. The molecule has 3 aromatic rings. The van der Waals surface area contributed by atoms with Gasteiger partial charge in [0, 0.05) is 31.6 Å². The molecular weight excluding hydrogens is 454 g/mol. The molecule has 0 aliphatic rings. The maximum absolute atomic E-state index is 10.9. The Morgan fingerprint density at radius 3 is 1.75 bits per heavy atom. The van der Waals surface area contributed by atoms with E-state index in [0.29, 0.717) is 48.2 Å². The summed E-state index contributed by atoms with van der Waals surface area (Å²) in [5.41, 5.74) is 12.5. The number of amides is 2. The van der Waals surface area contributed by atoms with Gasteiger partial charge in [0.25, 0.3) is 10.4 Å². The first-order chi connectivity index (χ1) is 15.4.